The average molecular weight is 383 g/mol. The third-order valence-corrected chi connectivity index (χ3v) is 3.60. The molecule has 1 amide bonds. The summed E-state index contributed by atoms with van der Waals surface area (Å²) in [5.41, 5.74) is -1.92. The largest absolute Gasteiger partial charge is 0.481 e. The van der Waals surface area contributed by atoms with Crippen molar-refractivity contribution in [2.75, 3.05) is 0 Å². The molecule has 0 aliphatic carbocycles. The van der Waals surface area contributed by atoms with Crippen molar-refractivity contribution in [3.05, 3.63) is 57.5 Å². The van der Waals surface area contributed by atoms with Crippen molar-refractivity contribution in [1.29, 1.82) is 0 Å². The van der Waals surface area contributed by atoms with Crippen LogP contribution in [-0.2, 0) is 11.0 Å². The number of amides is 1. The number of carboxylic acids is 1. The average Bonchev–Trinajstić information content (AvgIpc) is 2.53. The SMILES string of the molecule is Cc1cc(=O)c(C(=O)NC(C)CC(=O)O)nn1-c1cccc(C(F)(F)F)c1. The number of aryl methyl sites for hydroxylation is 1. The number of rotatable bonds is 5. The molecular formula is C17H16F3N3O4. The van der Waals surface area contributed by atoms with Gasteiger partial charge >= 0.3 is 12.1 Å². The Labute approximate surface area is 151 Å². The monoisotopic (exact) mass is 383 g/mol. The zero-order valence-electron chi connectivity index (χ0n) is 14.4. The van der Waals surface area contributed by atoms with Crippen LogP contribution in [0.3, 0.4) is 0 Å². The first-order chi connectivity index (χ1) is 12.5. The van der Waals surface area contributed by atoms with Gasteiger partial charge in [-0.2, -0.15) is 18.3 Å². The van der Waals surface area contributed by atoms with Crippen LogP contribution in [0.1, 0.15) is 35.1 Å². The smallest absolute Gasteiger partial charge is 0.416 e. The van der Waals surface area contributed by atoms with Crippen molar-refractivity contribution >= 4 is 11.9 Å². The van der Waals surface area contributed by atoms with Gasteiger partial charge in [-0.25, -0.2) is 4.68 Å². The van der Waals surface area contributed by atoms with Crippen LogP contribution in [0, 0.1) is 6.92 Å². The van der Waals surface area contributed by atoms with Crippen LogP contribution in [0.2, 0.25) is 0 Å². The molecule has 0 saturated carbocycles. The van der Waals surface area contributed by atoms with E-state index in [2.05, 4.69) is 10.4 Å². The summed E-state index contributed by atoms with van der Waals surface area (Å²) < 4.78 is 39.8. The fraction of sp³-hybridized carbons (Fsp3) is 0.294. The molecule has 2 aromatic rings. The van der Waals surface area contributed by atoms with Gasteiger partial charge in [-0.05, 0) is 32.0 Å². The minimum absolute atomic E-state index is 0.0231. The minimum atomic E-state index is -4.56. The van der Waals surface area contributed by atoms with Crippen molar-refractivity contribution in [2.45, 2.75) is 32.5 Å². The Kier molecular flexibility index (Phi) is 5.67. The lowest BCUT2D eigenvalue weighted by atomic mass is 10.2. The van der Waals surface area contributed by atoms with Crippen molar-refractivity contribution in [3.8, 4) is 5.69 Å². The van der Waals surface area contributed by atoms with Gasteiger partial charge in [0.15, 0.2) is 5.69 Å². The van der Waals surface area contributed by atoms with Crippen LogP contribution >= 0.6 is 0 Å². The number of nitrogens with zero attached hydrogens (tertiary/aromatic N) is 2. The summed E-state index contributed by atoms with van der Waals surface area (Å²) >= 11 is 0. The van der Waals surface area contributed by atoms with Gasteiger partial charge in [0.1, 0.15) is 0 Å². The summed E-state index contributed by atoms with van der Waals surface area (Å²) in [6.45, 7) is 2.90. The summed E-state index contributed by atoms with van der Waals surface area (Å²) in [6.07, 6.45) is -4.92. The lowest BCUT2D eigenvalue weighted by Gasteiger charge is -2.15. The molecule has 27 heavy (non-hydrogen) atoms. The summed E-state index contributed by atoms with van der Waals surface area (Å²) in [4.78, 5) is 34.9. The Bertz CT molecular complexity index is 938. The number of alkyl halides is 3. The number of hydrogen-bond donors (Lipinski definition) is 2. The normalized spacial score (nSPS) is 12.5. The second kappa shape index (κ2) is 7.60. The Morgan fingerprint density at radius 3 is 2.56 bits per heavy atom. The highest BCUT2D eigenvalue weighted by Crippen LogP contribution is 2.30. The topological polar surface area (TPSA) is 101 Å². The fourth-order valence-corrected chi connectivity index (χ4v) is 2.39. The zero-order chi connectivity index (χ0) is 20.4. The number of halogens is 3. The third-order valence-electron chi connectivity index (χ3n) is 3.60. The van der Waals surface area contributed by atoms with Gasteiger partial charge in [0.25, 0.3) is 5.91 Å². The molecule has 7 nitrogen and oxygen atoms in total. The molecular weight excluding hydrogens is 367 g/mol. The molecule has 0 aliphatic rings. The molecule has 1 aromatic carbocycles. The molecule has 2 N–H and O–H groups in total. The van der Waals surface area contributed by atoms with E-state index in [9.17, 15) is 27.6 Å². The van der Waals surface area contributed by atoms with Crippen molar-refractivity contribution in [1.82, 2.24) is 15.1 Å². The second-order valence-electron chi connectivity index (χ2n) is 5.93. The molecule has 0 radical (unpaired) electrons. The highest BCUT2D eigenvalue weighted by atomic mass is 19.4. The predicted octanol–water partition coefficient (Wildman–Crippen LogP) is 2.15. The van der Waals surface area contributed by atoms with Gasteiger partial charge in [0.05, 0.1) is 17.7 Å². The van der Waals surface area contributed by atoms with Crippen LogP contribution in [0.25, 0.3) is 5.69 Å². The molecule has 0 bridgehead atoms. The summed E-state index contributed by atoms with van der Waals surface area (Å²) in [7, 11) is 0. The maximum atomic E-state index is 12.9. The van der Waals surface area contributed by atoms with Crippen LogP contribution < -0.4 is 10.7 Å². The van der Waals surface area contributed by atoms with Crippen LogP contribution in [0.5, 0.6) is 0 Å². The number of hydrogen-bond acceptors (Lipinski definition) is 4. The Hall–Kier alpha value is -3.17. The maximum Gasteiger partial charge on any atom is 0.416 e. The van der Waals surface area contributed by atoms with Gasteiger partial charge in [0, 0.05) is 17.8 Å². The Balaban J connectivity index is 2.43. The summed E-state index contributed by atoms with van der Waals surface area (Å²) in [6, 6.07) is 4.59. The molecule has 0 fully saturated rings. The number of carbonyl (C=O) groups is 2. The number of benzene rings is 1. The van der Waals surface area contributed by atoms with E-state index in [1.165, 1.54) is 26.0 Å². The first-order valence-electron chi connectivity index (χ1n) is 7.80. The van der Waals surface area contributed by atoms with Crippen LogP contribution in [-0.4, -0.2) is 32.8 Å². The number of aliphatic carboxylic acids is 1. The lowest BCUT2D eigenvalue weighted by molar-refractivity contribution is -0.138. The Morgan fingerprint density at radius 2 is 1.96 bits per heavy atom. The molecule has 144 valence electrons. The van der Waals surface area contributed by atoms with Gasteiger partial charge < -0.3 is 10.4 Å². The molecule has 0 spiro atoms. The molecule has 0 aliphatic heterocycles. The van der Waals surface area contributed by atoms with E-state index in [1.54, 1.807) is 0 Å². The quantitative estimate of drug-likeness (QED) is 0.824. The van der Waals surface area contributed by atoms with E-state index in [-0.39, 0.29) is 17.8 Å². The summed E-state index contributed by atoms with van der Waals surface area (Å²) in [5, 5.41) is 14.9. The predicted molar refractivity (Wildman–Crippen MR) is 88.8 cm³/mol. The number of nitrogens with one attached hydrogen (secondary N) is 1. The van der Waals surface area contributed by atoms with Gasteiger partial charge in [-0.1, -0.05) is 6.07 Å². The highest BCUT2D eigenvalue weighted by molar-refractivity contribution is 5.92. The number of aromatic nitrogens is 2. The zero-order valence-corrected chi connectivity index (χ0v) is 14.4. The second-order valence-corrected chi connectivity index (χ2v) is 5.93. The van der Waals surface area contributed by atoms with Gasteiger partial charge in [-0.3, -0.25) is 14.4 Å². The number of carboxylic acid groups (broad SMARTS) is 1. The van der Waals surface area contributed by atoms with Gasteiger partial charge in [-0.15, -0.1) is 0 Å². The molecule has 10 heteroatoms. The van der Waals surface area contributed by atoms with E-state index in [1.807, 2.05) is 0 Å². The van der Waals surface area contributed by atoms with Crippen LogP contribution in [0.15, 0.2) is 35.1 Å². The maximum absolute atomic E-state index is 12.9. The van der Waals surface area contributed by atoms with Crippen LogP contribution in [0.4, 0.5) is 13.2 Å². The van der Waals surface area contributed by atoms with E-state index < -0.39 is 40.8 Å². The first kappa shape index (κ1) is 20.1. The molecule has 1 aromatic heterocycles. The van der Waals surface area contributed by atoms with E-state index in [4.69, 9.17) is 5.11 Å². The van der Waals surface area contributed by atoms with Crippen molar-refractivity contribution < 1.29 is 27.9 Å². The molecule has 1 heterocycles. The molecule has 1 atom stereocenters. The Morgan fingerprint density at radius 1 is 1.30 bits per heavy atom. The first-order valence-corrected chi connectivity index (χ1v) is 7.80. The number of carbonyl (C=O) groups excluding carboxylic acids is 1. The molecule has 0 saturated heterocycles. The van der Waals surface area contributed by atoms with Gasteiger partial charge in [0.2, 0.25) is 5.43 Å². The highest BCUT2D eigenvalue weighted by Gasteiger charge is 2.30. The fourth-order valence-electron chi connectivity index (χ4n) is 2.39. The van der Waals surface area contributed by atoms with Crippen molar-refractivity contribution in [3.63, 3.8) is 0 Å². The van der Waals surface area contributed by atoms with E-state index >= 15 is 0 Å². The van der Waals surface area contributed by atoms with Crippen molar-refractivity contribution in [2.24, 2.45) is 0 Å². The molecule has 1 unspecified atom stereocenters. The molecule has 2 rings (SSSR count). The van der Waals surface area contributed by atoms with E-state index in [0.29, 0.717) is 0 Å². The summed E-state index contributed by atoms with van der Waals surface area (Å²) in [5.74, 6) is -2.05. The standard InChI is InChI=1S/C17H16F3N3O4/c1-9(6-14(25)26)21-16(27)15-13(24)7-10(2)23(22-15)12-5-3-4-11(8-12)17(18,19)20/h3-5,7-9H,6H2,1-2H3,(H,21,27)(H,25,26). The lowest BCUT2D eigenvalue weighted by Crippen LogP contribution is -2.38. The minimum Gasteiger partial charge on any atom is -0.481 e. The third kappa shape index (κ3) is 4.93. The van der Waals surface area contributed by atoms with E-state index in [0.717, 1.165) is 22.9 Å².